The SMILES string of the molecule is N#CC(C#N)=NNc1ccc(F)cc1F. The summed E-state index contributed by atoms with van der Waals surface area (Å²) in [6.07, 6.45) is 0. The topological polar surface area (TPSA) is 72.0 Å². The van der Waals surface area contributed by atoms with Crippen molar-refractivity contribution in [1.82, 2.24) is 0 Å². The number of halogens is 2. The van der Waals surface area contributed by atoms with Crippen molar-refractivity contribution in [2.24, 2.45) is 5.10 Å². The quantitative estimate of drug-likeness (QED) is 0.592. The summed E-state index contributed by atoms with van der Waals surface area (Å²) in [7, 11) is 0. The summed E-state index contributed by atoms with van der Waals surface area (Å²) in [5.41, 5.74) is 1.59. The Morgan fingerprint density at radius 1 is 1.27 bits per heavy atom. The van der Waals surface area contributed by atoms with Gasteiger partial charge in [-0.3, -0.25) is 5.43 Å². The van der Waals surface area contributed by atoms with E-state index in [4.69, 9.17) is 10.5 Å². The third-order valence-electron chi connectivity index (χ3n) is 1.43. The fraction of sp³-hybridized carbons (Fsp3) is 0. The number of rotatable bonds is 2. The molecule has 1 aromatic carbocycles. The molecule has 0 unspecified atom stereocenters. The molecule has 0 saturated carbocycles. The van der Waals surface area contributed by atoms with Gasteiger partial charge in [-0.25, -0.2) is 8.78 Å². The fourth-order valence-electron chi connectivity index (χ4n) is 0.771. The molecular weight excluding hydrogens is 202 g/mol. The zero-order valence-corrected chi connectivity index (χ0v) is 7.33. The molecule has 1 N–H and O–H groups in total. The van der Waals surface area contributed by atoms with Crippen LogP contribution in [0, 0.1) is 34.3 Å². The van der Waals surface area contributed by atoms with E-state index in [0.29, 0.717) is 6.07 Å². The largest absolute Gasteiger partial charge is 0.274 e. The van der Waals surface area contributed by atoms with Crippen LogP contribution in [0.3, 0.4) is 0 Å². The van der Waals surface area contributed by atoms with Gasteiger partial charge >= 0.3 is 0 Å². The molecule has 1 aromatic rings. The molecule has 6 heteroatoms. The van der Waals surface area contributed by atoms with Crippen molar-refractivity contribution in [2.75, 3.05) is 5.43 Å². The molecule has 0 atom stereocenters. The minimum absolute atomic E-state index is 0.112. The van der Waals surface area contributed by atoms with Crippen LogP contribution in [0.5, 0.6) is 0 Å². The Morgan fingerprint density at radius 3 is 2.47 bits per heavy atom. The van der Waals surface area contributed by atoms with Crippen LogP contribution in [0.15, 0.2) is 23.3 Å². The minimum Gasteiger partial charge on any atom is -0.274 e. The predicted octanol–water partition coefficient (Wildman–Crippen LogP) is 1.78. The van der Waals surface area contributed by atoms with E-state index in [-0.39, 0.29) is 5.69 Å². The standard InChI is InChI=1S/C9H4F2N4/c10-6-1-2-9(8(11)3-6)15-14-7(4-12)5-13/h1-3,15H. The molecule has 0 bridgehead atoms. The summed E-state index contributed by atoms with van der Waals surface area (Å²) in [5.74, 6) is -1.57. The maximum Gasteiger partial charge on any atom is 0.237 e. The number of hydrazone groups is 1. The average molecular weight is 206 g/mol. The maximum atomic E-state index is 13.0. The summed E-state index contributed by atoms with van der Waals surface area (Å²) >= 11 is 0. The van der Waals surface area contributed by atoms with Gasteiger partial charge in [-0.05, 0) is 12.1 Å². The summed E-state index contributed by atoms with van der Waals surface area (Å²) in [5, 5.41) is 19.9. The lowest BCUT2D eigenvalue weighted by molar-refractivity contribution is 0.585. The van der Waals surface area contributed by atoms with Crippen LogP contribution in [-0.4, -0.2) is 5.71 Å². The Bertz CT molecular complexity index is 466. The van der Waals surface area contributed by atoms with E-state index in [0.717, 1.165) is 12.1 Å². The second-order valence-electron chi connectivity index (χ2n) is 2.42. The third kappa shape index (κ3) is 2.75. The monoisotopic (exact) mass is 206 g/mol. The lowest BCUT2D eigenvalue weighted by Crippen LogP contribution is -1.98. The molecule has 0 aromatic heterocycles. The molecule has 0 saturated heterocycles. The Balaban J connectivity index is 2.89. The number of hydrogen-bond acceptors (Lipinski definition) is 4. The van der Waals surface area contributed by atoms with Crippen molar-refractivity contribution < 1.29 is 8.78 Å². The Kier molecular flexibility index (Phi) is 3.31. The first kappa shape index (κ1) is 10.6. The number of anilines is 1. The van der Waals surface area contributed by atoms with Crippen LogP contribution in [0.2, 0.25) is 0 Å². The molecule has 0 aliphatic rings. The van der Waals surface area contributed by atoms with Gasteiger partial charge in [0.1, 0.15) is 18.0 Å². The van der Waals surface area contributed by atoms with E-state index in [1.165, 1.54) is 12.1 Å². The number of nitrogens with zero attached hydrogens (tertiary/aromatic N) is 3. The molecule has 0 radical (unpaired) electrons. The highest BCUT2D eigenvalue weighted by molar-refractivity contribution is 6.10. The molecule has 0 spiro atoms. The molecule has 0 aliphatic carbocycles. The highest BCUT2D eigenvalue weighted by atomic mass is 19.1. The first-order chi connectivity index (χ1) is 7.17. The van der Waals surface area contributed by atoms with Crippen molar-refractivity contribution in [3.05, 3.63) is 29.8 Å². The normalized spacial score (nSPS) is 8.53. The van der Waals surface area contributed by atoms with Gasteiger partial charge in [0.15, 0.2) is 5.82 Å². The minimum atomic E-state index is -0.853. The molecule has 0 amide bonds. The first-order valence-corrected chi connectivity index (χ1v) is 3.76. The van der Waals surface area contributed by atoms with E-state index >= 15 is 0 Å². The molecule has 1 rings (SSSR count). The number of nitrogens with one attached hydrogen (secondary N) is 1. The van der Waals surface area contributed by atoms with Crippen LogP contribution >= 0.6 is 0 Å². The molecule has 0 fully saturated rings. The van der Waals surface area contributed by atoms with Gasteiger partial charge in [0, 0.05) is 6.07 Å². The zero-order chi connectivity index (χ0) is 11.3. The van der Waals surface area contributed by atoms with E-state index in [1.54, 1.807) is 0 Å². The van der Waals surface area contributed by atoms with Gasteiger partial charge in [-0.2, -0.15) is 15.6 Å². The Morgan fingerprint density at radius 2 is 1.93 bits per heavy atom. The molecular formula is C9H4F2N4. The average Bonchev–Trinajstić information content (AvgIpc) is 2.22. The first-order valence-electron chi connectivity index (χ1n) is 3.76. The van der Waals surface area contributed by atoms with Gasteiger partial charge in [-0.1, -0.05) is 0 Å². The van der Waals surface area contributed by atoms with Crippen molar-refractivity contribution >= 4 is 11.4 Å². The third-order valence-corrected chi connectivity index (χ3v) is 1.43. The second kappa shape index (κ2) is 4.68. The second-order valence-corrected chi connectivity index (χ2v) is 2.42. The summed E-state index contributed by atoms with van der Waals surface area (Å²) in [6, 6.07) is 5.77. The molecule has 74 valence electrons. The van der Waals surface area contributed by atoms with Crippen molar-refractivity contribution in [1.29, 1.82) is 10.5 Å². The van der Waals surface area contributed by atoms with Gasteiger partial charge in [0.2, 0.25) is 5.71 Å². The zero-order valence-electron chi connectivity index (χ0n) is 7.33. The number of hydrogen-bond donors (Lipinski definition) is 1. The number of nitriles is 2. The Hall–Kier alpha value is -2.47. The molecule has 0 heterocycles. The van der Waals surface area contributed by atoms with Gasteiger partial charge in [0.25, 0.3) is 0 Å². The molecule has 15 heavy (non-hydrogen) atoms. The molecule has 0 aliphatic heterocycles. The highest BCUT2D eigenvalue weighted by Gasteiger charge is 2.02. The van der Waals surface area contributed by atoms with Crippen LogP contribution in [0.1, 0.15) is 0 Å². The van der Waals surface area contributed by atoms with Crippen LogP contribution in [-0.2, 0) is 0 Å². The summed E-state index contributed by atoms with van der Waals surface area (Å²) in [6.45, 7) is 0. The summed E-state index contributed by atoms with van der Waals surface area (Å²) in [4.78, 5) is 0. The van der Waals surface area contributed by atoms with E-state index in [2.05, 4.69) is 10.5 Å². The van der Waals surface area contributed by atoms with Gasteiger partial charge in [-0.15, -0.1) is 0 Å². The Labute approximate surface area is 84.1 Å². The number of benzene rings is 1. The van der Waals surface area contributed by atoms with Crippen molar-refractivity contribution in [3.63, 3.8) is 0 Å². The van der Waals surface area contributed by atoms with Crippen LogP contribution in [0.4, 0.5) is 14.5 Å². The lowest BCUT2D eigenvalue weighted by Gasteiger charge is -2.00. The van der Waals surface area contributed by atoms with Crippen LogP contribution in [0.25, 0.3) is 0 Å². The van der Waals surface area contributed by atoms with E-state index in [9.17, 15) is 8.78 Å². The van der Waals surface area contributed by atoms with Gasteiger partial charge < -0.3 is 0 Å². The van der Waals surface area contributed by atoms with E-state index in [1.807, 2.05) is 0 Å². The fourth-order valence-corrected chi connectivity index (χ4v) is 0.771. The van der Waals surface area contributed by atoms with Gasteiger partial charge in [0.05, 0.1) is 5.69 Å². The molecule has 4 nitrogen and oxygen atoms in total. The highest BCUT2D eigenvalue weighted by Crippen LogP contribution is 2.14. The van der Waals surface area contributed by atoms with Crippen molar-refractivity contribution in [2.45, 2.75) is 0 Å². The lowest BCUT2D eigenvalue weighted by atomic mass is 10.3. The summed E-state index contributed by atoms with van der Waals surface area (Å²) < 4.78 is 25.4. The van der Waals surface area contributed by atoms with E-state index < -0.39 is 17.3 Å². The predicted molar refractivity (Wildman–Crippen MR) is 48.6 cm³/mol. The van der Waals surface area contributed by atoms with Crippen LogP contribution < -0.4 is 5.43 Å². The maximum absolute atomic E-state index is 13.0. The smallest absolute Gasteiger partial charge is 0.237 e. The van der Waals surface area contributed by atoms with Crippen molar-refractivity contribution in [3.8, 4) is 12.1 Å².